The number of aryl methyl sites for hydroxylation is 1. The van der Waals surface area contributed by atoms with E-state index in [4.69, 9.17) is 0 Å². The fourth-order valence-corrected chi connectivity index (χ4v) is 5.87. The minimum absolute atomic E-state index is 0.0239. The monoisotopic (exact) mass is 452 g/mol. The first kappa shape index (κ1) is 22.5. The first-order valence-corrected chi connectivity index (χ1v) is 12.0. The van der Waals surface area contributed by atoms with Gasteiger partial charge in [-0.15, -0.1) is 0 Å². The highest BCUT2D eigenvalue weighted by atomic mass is 32.2. The number of aliphatic hydroxyl groups excluding tert-OH is 1. The van der Waals surface area contributed by atoms with E-state index >= 15 is 0 Å². The maximum absolute atomic E-state index is 12.9. The summed E-state index contributed by atoms with van der Waals surface area (Å²) in [6.07, 6.45) is 5.69. The van der Waals surface area contributed by atoms with Gasteiger partial charge in [-0.05, 0) is 25.1 Å². The molecular weight excluding hydrogens is 424 g/mol. The molecule has 0 saturated heterocycles. The first-order valence-electron chi connectivity index (χ1n) is 10.7. The summed E-state index contributed by atoms with van der Waals surface area (Å²) in [4.78, 5) is 13.3. The van der Waals surface area contributed by atoms with E-state index in [1.54, 1.807) is 24.3 Å². The summed E-state index contributed by atoms with van der Waals surface area (Å²) < 4.78 is 12.9. The van der Waals surface area contributed by atoms with Gasteiger partial charge in [-0.2, -0.15) is 0 Å². The largest absolute Gasteiger partial charge is 0.507 e. The Morgan fingerprint density at radius 3 is 2.38 bits per heavy atom. The zero-order valence-electron chi connectivity index (χ0n) is 18.6. The molecule has 2 aromatic rings. The van der Waals surface area contributed by atoms with Crippen molar-refractivity contribution in [3.63, 3.8) is 0 Å². The number of aromatic hydroxyl groups is 2. The zero-order valence-corrected chi connectivity index (χ0v) is 19.4. The Kier molecular flexibility index (Phi) is 5.63. The molecule has 4 rings (SSSR count). The number of aliphatic hydroxyl groups is 1. The molecule has 32 heavy (non-hydrogen) atoms. The second-order valence-electron chi connectivity index (χ2n) is 9.29. The maximum atomic E-state index is 12.9. The van der Waals surface area contributed by atoms with Crippen molar-refractivity contribution in [2.24, 2.45) is 0 Å². The molecule has 6 heteroatoms. The Bertz CT molecular complexity index is 1170. The van der Waals surface area contributed by atoms with E-state index in [1.807, 2.05) is 45.9 Å². The van der Waals surface area contributed by atoms with Gasteiger partial charge < -0.3 is 15.3 Å². The molecule has 0 aliphatic heterocycles. The van der Waals surface area contributed by atoms with Crippen molar-refractivity contribution in [1.82, 2.24) is 0 Å². The van der Waals surface area contributed by atoms with Crippen LogP contribution in [0.15, 0.2) is 53.5 Å². The normalized spacial score (nSPS) is 22.8. The zero-order chi connectivity index (χ0) is 23.4. The van der Waals surface area contributed by atoms with Crippen LogP contribution >= 0.6 is 0 Å². The number of rotatable bonds is 4. The Morgan fingerprint density at radius 1 is 1.06 bits per heavy atom. The van der Waals surface area contributed by atoms with E-state index in [1.165, 1.54) is 6.08 Å². The topological polar surface area (TPSA) is 94.8 Å². The molecular formula is C26H28O5S. The van der Waals surface area contributed by atoms with E-state index in [-0.39, 0.29) is 34.5 Å². The van der Waals surface area contributed by atoms with Crippen molar-refractivity contribution in [3.8, 4) is 11.5 Å². The number of benzene rings is 2. The predicted molar refractivity (Wildman–Crippen MR) is 125 cm³/mol. The lowest BCUT2D eigenvalue weighted by atomic mass is 9.70. The van der Waals surface area contributed by atoms with Gasteiger partial charge in [0.05, 0.1) is 28.2 Å². The van der Waals surface area contributed by atoms with Gasteiger partial charge in [0.2, 0.25) is 0 Å². The number of carbonyl (C=O) groups excluding carboxylic acids is 1. The van der Waals surface area contributed by atoms with Gasteiger partial charge in [-0.1, -0.05) is 56.7 Å². The highest BCUT2D eigenvalue weighted by Gasteiger charge is 2.41. The number of phenolic OH excluding ortho intramolecular Hbond substituents is 2. The van der Waals surface area contributed by atoms with Gasteiger partial charge in [0.1, 0.15) is 11.5 Å². The van der Waals surface area contributed by atoms with Gasteiger partial charge >= 0.3 is 0 Å². The molecule has 2 aliphatic rings. The standard InChI is InChI=1S/C26H28O5S/c1-14-5-8-16(9-6-14)32(31)13-19(28)17-10-7-15(2)20-21(17)24(29)22-18(27)11-12-26(3,4)23(22)25(20)30/h5-12,15,17,19,28-30H,13H2,1-4H3/t15-,17-,19-,32?/m0/s1. The second-order valence-corrected chi connectivity index (χ2v) is 10.8. The maximum Gasteiger partial charge on any atom is 0.189 e. The molecule has 0 fully saturated rings. The molecule has 0 spiro atoms. The Morgan fingerprint density at radius 2 is 1.72 bits per heavy atom. The van der Waals surface area contributed by atoms with E-state index in [9.17, 15) is 24.3 Å². The molecule has 0 bridgehead atoms. The van der Waals surface area contributed by atoms with Crippen molar-refractivity contribution >= 4 is 16.6 Å². The van der Waals surface area contributed by atoms with E-state index in [0.29, 0.717) is 21.6 Å². The summed E-state index contributed by atoms with van der Waals surface area (Å²) in [6, 6.07) is 7.29. The van der Waals surface area contributed by atoms with E-state index in [2.05, 4.69) is 0 Å². The lowest BCUT2D eigenvalue weighted by Gasteiger charge is -2.35. The minimum Gasteiger partial charge on any atom is -0.507 e. The van der Waals surface area contributed by atoms with Crippen molar-refractivity contribution in [3.05, 3.63) is 76.4 Å². The molecule has 2 aliphatic carbocycles. The van der Waals surface area contributed by atoms with Gasteiger partial charge in [0.15, 0.2) is 5.78 Å². The number of ketones is 1. The van der Waals surface area contributed by atoms with Crippen molar-refractivity contribution in [2.75, 3.05) is 5.75 Å². The van der Waals surface area contributed by atoms with Crippen LogP contribution in [0.2, 0.25) is 0 Å². The quantitative estimate of drug-likeness (QED) is 0.473. The molecule has 0 heterocycles. The molecule has 1 unspecified atom stereocenters. The van der Waals surface area contributed by atoms with Crippen LogP contribution in [0.3, 0.4) is 0 Å². The van der Waals surface area contributed by atoms with Crippen LogP contribution in [-0.2, 0) is 16.2 Å². The molecule has 0 aromatic heterocycles. The van der Waals surface area contributed by atoms with Crippen LogP contribution in [0.5, 0.6) is 11.5 Å². The van der Waals surface area contributed by atoms with Gasteiger partial charge in [0.25, 0.3) is 0 Å². The third-order valence-electron chi connectivity index (χ3n) is 6.48. The Hall–Kier alpha value is -2.70. The third-order valence-corrected chi connectivity index (χ3v) is 7.92. The Labute approximate surface area is 190 Å². The van der Waals surface area contributed by atoms with E-state index in [0.717, 1.165) is 5.56 Å². The van der Waals surface area contributed by atoms with Gasteiger partial charge in [-0.25, -0.2) is 0 Å². The minimum atomic E-state index is -1.45. The molecule has 4 atom stereocenters. The van der Waals surface area contributed by atoms with Crippen LogP contribution in [0.25, 0.3) is 0 Å². The summed E-state index contributed by atoms with van der Waals surface area (Å²) in [5, 5.41) is 33.5. The first-order chi connectivity index (χ1) is 15.0. The summed E-state index contributed by atoms with van der Waals surface area (Å²) >= 11 is 0. The average Bonchev–Trinajstić information content (AvgIpc) is 2.73. The van der Waals surface area contributed by atoms with Gasteiger partial charge in [0, 0.05) is 38.8 Å². The van der Waals surface area contributed by atoms with Crippen LogP contribution in [0, 0.1) is 6.92 Å². The summed E-state index contributed by atoms with van der Waals surface area (Å²) in [6.45, 7) is 7.59. The number of hydrogen-bond acceptors (Lipinski definition) is 5. The molecule has 5 nitrogen and oxygen atoms in total. The third kappa shape index (κ3) is 3.61. The van der Waals surface area contributed by atoms with Crippen LogP contribution < -0.4 is 0 Å². The molecule has 2 aromatic carbocycles. The fourth-order valence-electron chi connectivity index (χ4n) is 4.72. The number of phenols is 2. The molecule has 0 amide bonds. The van der Waals surface area contributed by atoms with Crippen LogP contribution in [-0.4, -0.2) is 37.2 Å². The average molecular weight is 453 g/mol. The van der Waals surface area contributed by atoms with Crippen molar-refractivity contribution in [1.29, 1.82) is 0 Å². The summed E-state index contributed by atoms with van der Waals surface area (Å²) in [5.41, 5.74) is 1.74. The highest BCUT2D eigenvalue weighted by molar-refractivity contribution is 7.85. The number of allylic oxidation sites excluding steroid dienone is 3. The molecule has 3 N–H and O–H groups in total. The lowest BCUT2D eigenvalue weighted by Crippen LogP contribution is -2.29. The van der Waals surface area contributed by atoms with E-state index < -0.39 is 28.2 Å². The molecule has 0 radical (unpaired) electrons. The lowest BCUT2D eigenvalue weighted by molar-refractivity contribution is 0.103. The van der Waals surface area contributed by atoms with Crippen molar-refractivity contribution < 1.29 is 24.3 Å². The number of carbonyl (C=O) groups is 1. The Balaban J connectivity index is 1.79. The molecule has 0 saturated carbocycles. The molecule has 168 valence electrons. The van der Waals surface area contributed by atoms with Gasteiger partial charge in [-0.3, -0.25) is 9.00 Å². The number of fused-ring (bicyclic) bond motifs is 2. The van der Waals surface area contributed by atoms with Crippen LogP contribution in [0.4, 0.5) is 0 Å². The number of hydrogen-bond donors (Lipinski definition) is 3. The summed E-state index contributed by atoms with van der Waals surface area (Å²) in [7, 11) is -1.45. The van der Waals surface area contributed by atoms with Crippen LogP contribution in [0.1, 0.15) is 65.2 Å². The second kappa shape index (κ2) is 8.01. The van der Waals surface area contributed by atoms with Crippen molar-refractivity contribution in [2.45, 2.75) is 55.9 Å². The fraction of sp³-hybridized carbons (Fsp3) is 0.346. The highest BCUT2D eigenvalue weighted by Crippen LogP contribution is 2.53. The smallest absolute Gasteiger partial charge is 0.189 e. The summed E-state index contributed by atoms with van der Waals surface area (Å²) in [5.74, 6) is -1.57. The predicted octanol–water partition coefficient (Wildman–Crippen LogP) is 4.36. The SMILES string of the molecule is Cc1ccc(S(=O)C[C@H](O)[C@@H]2C=C[C@H](C)c3c(O)c4c(c(O)c32)C(=O)C=CC4(C)C)cc1.